The van der Waals surface area contributed by atoms with E-state index < -0.39 is 16.1 Å². The van der Waals surface area contributed by atoms with E-state index in [0.717, 1.165) is 10.6 Å². The number of nitrogens with one attached hydrogen (secondary N) is 1. The van der Waals surface area contributed by atoms with Crippen molar-refractivity contribution in [1.29, 1.82) is 0 Å². The fourth-order valence-electron chi connectivity index (χ4n) is 1.50. The summed E-state index contributed by atoms with van der Waals surface area (Å²) in [5.74, 6) is 0.245. The highest BCUT2D eigenvalue weighted by atomic mass is 32.2. The van der Waals surface area contributed by atoms with Gasteiger partial charge in [0, 0.05) is 13.6 Å². The second kappa shape index (κ2) is 7.12. The normalized spacial score (nSPS) is 12.3. The van der Waals surface area contributed by atoms with Crippen molar-refractivity contribution in [1.82, 2.24) is 5.32 Å². The second-order valence-corrected chi connectivity index (χ2v) is 6.53. The Labute approximate surface area is 125 Å². The number of carbonyl (C=O) groups excluding carboxylic acids is 1. The molecule has 0 spiro atoms. The second-order valence-electron chi connectivity index (χ2n) is 4.52. The number of benzene rings is 1. The topological polar surface area (TPSA) is 75.7 Å². The Morgan fingerprint density at radius 2 is 2.00 bits per heavy atom. The molecule has 0 heterocycles. The van der Waals surface area contributed by atoms with Gasteiger partial charge in [-0.2, -0.15) is 0 Å². The lowest BCUT2D eigenvalue weighted by molar-refractivity contribution is -0.127. The standard InChI is InChI=1S/C14H20N2O4S/c1-5-10-15-14(17)11(2)20-13-8-6-12(7-9-13)16(3)21(4,18)19/h5-9,11H,1,10H2,2-4H3,(H,15,17)/t11-/m1/s1. The van der Waals surface area contributed by atoms with Crippen LogP contribution in [0.1, 0.15) is 6.92 Å². The number of hydrogen-bond acceptors (Lipinski definition) is 4. The Kier molecular flexibility index (Phi) is 5.78. The maximum atomic E-state index is 11.6. The summed E-state index contributed by atoms with van der Waals surface area (Å²) in [7, 11) is -1.83. The number of anilines is 1. The Balaban J connectivity index is 2.71. The summed E-state index contributed by atoms with van der Waals surface area (Å²) in [6.45, 7) is 5.53. The minimum Gasteiger partial charge on any atom is -0.481 e. The fourth-order valence-corrected chi connectivity index (χ4v) is 2.00. The third-order valence-corrected chi connectivity index (χ3v) is 4.01. The lowest BCUT2D eigenvalue weighted by atomic mass is 10.3. The van der Waals surface area contributed by atoms with Gasteiger partial charge in [0.05, 0.1) is 11.9 Å². The molecule has 0 fully saturated rings. The van der Waals surface area contributed by atoms with E-state index in [1.165, 1.54) is 7.05 Å². The number of amides is 1. The van der Waals surface area contributed by atoms with E-state index in [1.54, 1.807) is 37.3 Å². The molecule has 116 valence electrons. The molecule has 1 atom stereocenters. The predicted octanol–water partition coefficient (Wildman–Crippen LogP) is 1.15. The zero-order chi connectivity index (χ0) is 16.0. The molecule has 6 nitrogen and oxygen atoms in total. The van der Waals surface area contributed by atoms with Crippen LogP contribution < -0.4 is 14.4 Å². The molecule has 1 N–H and O–H groups in total. The van der Waals surface area contributed by atoms with Gasteiger partial charge in [0.2, 0.25) is 10.0 Å². The Morgan fingerprint density at radius 3 is 2.48 bits per heavy atom. The molecular weight excluding hydrogens is 292 g/mol. The quantitative estimate of drug-likeness (QED) is 0.766. The van der Waals surface area contributed by atoms with Crippen molar-refractivity contribution in [3.8, 4) is 5.75 Å². The van der Waals surface area contributed by atoms with Gasteiger partial charge >= 0.3 is 0 Å². The molecule has 0 bridgehead atoms. The number of hydrogen-bond donors (Lipinski definition) is 1. The first kappa shape index (κ1) is 17.0. The molecule has 1 amide bonds. The smallest absolute Gasteiger partial charge is 0.261 e. The van der Waals surface area contributed by atoms with Crippen molar-refractivity contribution in [3.05, 3.63) is 36.9 Å². The summed E-state index contributed by atoms with van der Waals surface area (Å²) in [4.78, 5) is 11.6. The summed E-state index contributed by atoms with van der Waals surface area (Å²) in [5.41, 5.74) is 0.522. The van der Waals surface area contributed by atoms with Crippen LogP contribution in [0.3, 0.4) is 0 Å². The first-order chi connectivity index (χ1) is 9.75. The molecule has 1 rings (SSSR count). The summed E-state index contributed by atoms with van der Waals surface area (Å²) in [6.07, 6.45) is 2.06. The number of nitrogens with zero attached hydrogens (tertiary/aromatic N) is 1. The highest BCUT2D eigenvalue weighted by molar-refractivity contribution is 7.92. The average molecular weight is 312 g/mol. The van der Waals surface area contributed by atoms with Crippen molar-refractivity contribution in [2.75, 3.05) is 24.2 Å². The van der Waals surface area contributed by atoms with E-state index in [-0.39, 0.29) is 5.91 Å². The van der Waals surface area contributed by atoms with E-state index in [9.17, 15) is 13.2 Å². The monoisotopic (exact) mass is 312 g/mol. The van der Waals surface area contributed by atoms with Crippen molar-refractivity contribution < 1.29 is 17.9 Å². The van der Waals surface area contributed by atoms with Crippen LogP contribution in [0.5, 0.6) is 5.75 Å². The van der Waals surface area contributed by atoms with E-state index >= 15 is 0 Å². The van der Waals surface area contributed by atoms with Crippen LogP contribution in [0.15, 0.2) is 36.9 Å². The van der Waals surface area contributed by atoms with Gasteiger partial charge in [0.15, 0.2) is 6.10 Å². The minimum absolute atomic E-state index is 0.243. The van der Waals surface area contributed by atoms with Crippen LogP contribution in [0.2, 0.25) is 0 Å². The molecule has 1 aromatic carbocycles. The van der Waals surface area contributed by atoms with Gasteiger partial charge in [-0.1, -0.05) is 6.08 Å². The lowest BCUT2D eigenvalue weighted by Crippen LogP contribution is -2.36. The average Bonchev–Trinajstić information content (AvgIpc) is 2.43. The van der Waals surface area contributed by atoms with Gasteiger partial charge in [-0.15, -0.1) is 6.58 Å². The molecule has 0 radical (unpaired) electrons. The molecule has 0 saturated heterocycles. The van der Waals surface area contributed by atoms with E-state index in [0.29, 0.717) is 18.0 Å². The molecule has 7 heteroatoms. The first-order valence-corrected chi connectivity index (χ1v) is 8.19. The highest BCUT2D eigenvalue weighted by Gasteiger charge is 2.15. The molecule has 21 heavy (non-hydrogen) atoms. The van der Waals surface area contributed by atoms with Crippen LogP contribution in [0.25, 0.3) is 0 Å². The van der Waals surface area contributed by atoms with Crippen LogP contribution >= 0.6 is 0 Å². The summed E-state index contributed by atoms with van der Waals surface area (Å²) < 4.78 is 29.5. The third kappa shape index (κ3) is 5.11. The van der Waals surface area contributed by atoms with Crippen LogP contribution in [0, 0.1) is 0 Å². The molecule has 0 aliphatic heterocycles. The summed E-state index contributed by atoms with van der Waals surface area (Å²) in [5, 5.41) is 2.63. The molecule has 0 aliphatic carbocycles. The van der Waals surface area contributed by atoms with Crippen molar-refractivity contribution in [2.45, 2.75) is 13.0 Å². The van der Waals surface area contributed by atoms with Crippen LogP contribution in [-0.4, -0.2) is 40.3 Å². The number of ether oxygens (including phenoxy) is 1. The Hall–Kier alpha value is -2.02. The van der Waals surface area contributed by atoms with Gasteiger partial charge < -0.3 is 10.1 Å². The molecule has 0 unspecified atom stereocenters. The lowest BCUT2D eigenvalue weighted by Gasteiger charge is -2.18. The summed E-state index contributed by atoms with van der Waals surface area (Å²) >= 11 is 0. The highest BCUT2D eigenvalue weighted by Crippen LogP contribution is 2.20. The van der Waals surface area contributed by atoms with E-state index in [1.807, 2.05) is 0 Å². The SMILES string of the molecule is C=CCNC(=O)[C@@H](C)Oc1ccc(N(C)S(C)(=O)=O)cc1. The minimum atomic E-state index is -3.30. The van der Waals surface area contributed by atoms with Gasteiger partial charge in [-0.25, -0.2) is 8.42 Å². The van der Waals surface area contributed by atoms with Crippen molar-refractivity contribution >= 4 is 21.6 Å². The van der Waals surface area contributed by atoms with Crippen LogP contribution in [-0.2, 0) is 14.8 Å². The summed E-state index contributed by atoms with van der Waals surface area (Å²) in [6, 6.07) is 6.47. The molecular formula is C14H20N2O4S. The number of rotatable bonds is 7. The maximum Gasteiger partial charge on any atom is 0.261 e. The van der Waals surface area contributed by atoms with Gasteiger partial charge in [0.25, 0.3) is 5.91 Å². The van der Waals surface area contributed by atoms with Gasteiger partial charge in [-0.3, -0.25) is 9.10 Å². The number of sulfonamides is 1. The Bertz CT molecular complexity index is 596. The van der Waals surface area contributed by atoms with E-state index in [4.69, 9.17) is 4.74 Å². The zero-order valence-corrected chi connectivity index (χ0v) is 13.2. The molecule has 0 aromatic heterocycles. The number of carbonyl (C=O) groups is 1. The van der Waals surface area contributed by atoms with E-state index in [2.05, 4.69) is 11.9 Å². The fraction of sp³-hybridized carbons (Fsp3) is 0.357. The molecule has 0 aliphatic rings. The van der Waals surface area contributed by atoms with Gasteiger partial charge in [0.1, 0.15) is 5.75 Å². The molecule has 1 aromatic rings. The zero-order valence-electron chi connectivity index (χ0n) is 12.4. The van der Waals surface area contributed by atoms with Crippen molar-refractivity contribution in [2.24, 2.45) is 0 Å². The maximum absolute atomic E-state index is 11.6. The third-order valence-electron chi connectivity index (χ3n) is 2.80. The largest absolute Gasteiger partial charge is 0.481 e. The van der Waals surface area contributed by atoms with Crippen LogP contribution in [0.4, 0.5) is 5.69 Å². The first-order valence-electron chi connectivity index (χ1n) is 6.35. The van der Waals surface area contributed by atoms with Crippen molar-refractivity contribution in [3.63, 3.8) is 0 Å². The van der Waals surface area contributed by atoms with Gasteiger partial charge in [-0.05, 0) is 31.2 Å². The Morgan fingerprint density at radius 1 is 1.43 bits per heavy atom. The predicted molar refractivity (Wildman–Crippen MR) is 83.0 cm³/mol. The molecule has 0 saturated carbocycles.